The predicted molar refractivity (Wildman–Crippen MR) is 69.6 cm³/mol. The molecular weight excluding hydrogens is 232 g/mol. The van der Waals surface area contributed by atoms with Gasteiger partial charge in [-0.25, -0.2) is 4.98 Å². The van der Waals surface area contributed by atoms with E-state index in [2.05, 4.69) is 36.0 Å². The Bertz CT molecular complexity index is 695. The fraction of sp³-hybridized carbons (Fsp3) is 0.417. The van der Waals surface area contributed by atoms with Crippen LogP contribution in [0.4, 0.5) is 0 Å². The molecule has 0 aromatic carbocycles. The molecule has 88 valence electrons. The van der Waals surface area contributed by atoms with Crippen LogP contribution in [-0.2, 0) is 6.42 Å². The summed E-state index contributed by atoms with van der Waals surface area (Å²) in [5.74, 6) is 1.00. The molecule has 0 atom stereocenters. The number of thiophene rings is 1. The maximum absolute atomic E-state index is 4.51. The van der Waals surface area contributed by atoms with E-state index in [1.165, 1.54) is 10.4 Å². The van der Waals surface area contributed by atoms with Crippen molar-refractivity contribution >= 4 is 27.2 Å². The molecule has 3 aromatic heterocycles. The van der Waals surface area contributed by atoms with Crippen molar-refractivity contribution in [2.75, 3.05) is 0 Å². The van der Waals surface area contributed by atoms with Crippen LogP contribution in [0.15, 0.2) is 6.33 Å². The minimum atomic E-state index is 0.941. The second-order valence-electron chi connectivity index (χ2n) is 4.27. The summed E-state index contributed by atoms with van der Waals surface area (Å²) in [6, 6.07) is 0. The maximum Gasteiger partial charge on any atom is 0.172 e. The Morgan fingerprint density at radius 1 is 1.29 bits per heavy atom. The Balaban J connectivity index is 2.40. The third-order valence-electron chi connectivity index (χ3n) is 3.12. The van der Waals surface area contributed by atoms with Gasteiger partial charge in [0, 0.05) is 11.3 Å². The number of fused-ring (bicyclic) bond motifs is 3. The maximum atomic E-state index is 4.51. The number of nitrogens with zero attached hydrogens (tertiary/aromatic N) is 4. The highest BCUT2D eigenvalue weighted by atomic mass is 32.1. The first-order valence-electron chi connectivity index (χ1n) is 5.80. The van der Waals surface area contributed by atoms with Crippen molar-refractivity contribution in [2.24, 2.45) is 0 Å². The fourth-order valence-electron chi connectivity index (χ4n) is 2.08. The molecular formula is C12H14N4S. The third-order valence-corrected chi connectivity index (χ3v) is 4.24. The van der Waals surface area contributed by atoms with E-state index in [0.717, 1.165) is 34.5 Å². The van der Waals surface area contributed by atoms with Crippen molar-refractivity contribution in [3.05, 3.63) is 22.6 Å². The van der Waals surface area contributed by atoms with Gasteiger partial charge in [0.25, 0.3) is 0 Å². The van der Waals surface area contributed by atoms with Crippen LogP contribution in [0.1, 0.15) is 29.6 Å². The summed E-state index contributed by atoms with van der Waals surface area (Å²) in [6.45, 7) is 6.40. The normalized spacial score (nSPS) is 11.7. The molecule has 0 aliphatic heterocycles. The van der Waals surface area contributed by atoms with E-state index in [9.17, 15) is 0 Å². The summed E-state index contributed by atoms with van der Waals surface area (Å²) in [4.78, 5) is 6.87. The monoisotopic (exact) mass is 246 g/mol. The highest BCUT2D eigenvalue weighted by Gasteiger charge is 2.14. The molecule has 5 heteroatoms. The van der Waals surface area contributed by atoms with Gasteiger partial charge in [-0.2, -0.15) is 0 Å². The van der Waals surface area contributed by atoms with E-state index in [0.29, 0.717) is 0 Å². The average molecular weight is 246 g/mol. The van der Waals surface area contributed by atoms with E-state index < -0.39 is 0 Å². The summed E-state index contributed by atoms with van der Waals surface area (Å²) in [6.07, 6.45) is 3.86. The van der Waals surface area contributed by atoms with Gasteiger partial charge in [0.2, 0.25) is 0 Å². The number of rotatable bonds is 2. The molecule has 0 N–H and O–H groups in total. The molecule has 4 nitrogen and oxygen atoms in total. The standard InChI is InChI=1S/C12H14N4S/c1-4-5-9-14-15-11-10-7(2)8(3)17-12(10)13-6-16(9)11/h6H,4-5H2,1-3H3. The summed E-state index contributed by atoms with van der Waals surface area (Å²) in [5, 5.41) is 9.74. The molecule has 0 unspecified atom stereocenters. The Morgan fingerprint density at radius 3 is 2.88 bits per heavy atom. The topological polar surface area (TPSA) is 43.1 Å². The van der Waals surface area contributed by atoms with Crippen LogP contribution in [0.2, 0.25) is 0 Å². The molecule has 3 aromatic rings. The Labute approximate surface area is 103 Å². The lowest BCUT2D eigenvalue weighted by molar-refractivity contribution is 0.813. The lowest BCUT2D eigenvalue weighted by Crippen LogP contribution is -1.95. The van der Waals surface area contributed by atoms with Crippen LogP contribution < -0.4 is 0 Å². The zero-order chi connectivity index (χ0) is 12.0. The van der Waals surface area contributed by atoms with E-state index in [-0.39, 0.29) is 0 Å². The first kappa shape index (κ1) is 10.7. The van der Waals surface area contributed by atoms with Gasteiger partial charge in [0.05, 0.1) is 5.39 Å². The smallest absolute Gasteiger partial charge is 0.172 e. The summed E-state index contributed by atoms with van der Waals surface area (Å²) in [5.41, 5.74) is 2.22. The number of aromatic nitrogens is 4. The van der Waals surface area contributed by atoms with Gasteiger partial charge < -0.3 is 0 Å². The molecule has 0 saturated heterocycles. The van der Waals surface area contributed by atoms with E-state index in [4.69, 9.17) is 0 Å². The molecule has 3 rings (SSSR count). The molecule has 17 heavy (non-hydrogen) atoms. The minimum absolute atomic E-state index is 0.941. The van der Waals surface area contributed by atoms with Crippen molar-refractivity contribution in [3.63, 3.8) is 0 Å². The summed E-state index contributed by atoms with van der Waals surface area (Å²) < 4.78 is 2.02. The Morgan fingerprint density at radius 2 is 2.12 bits per heavy atom. The van der Waals surface area contributed by atoms with E-state index in [1.54, 1.807) is 11.3 Å². The second-order valence-corrected chi connectivity index (χ2v) is 5.47. The largest absolute Gasteiger partial charge is 0.269 e. The molecule has 0 aliphatic carbocycles. The van der Waals surface area contributed by atoms with Crippen LogP contribution in [0.3, 0.4) is 0 Å². The second kappa shape index (κ2) is 3.77. The number of hydrogen-bond donors (Lipinski definition) is 0. The predicted octanol–water partition coefficient (Wildman–Crippen LogP) is 2.91. The van der Waals surface area contributed by atoms with E-state index >= 15 is 0 Å². The van der Waals surface area contributed by atoms with Gasteiger partial charge in [-0.1, -0.05) is 6.92 Å². The van der Waals surface area contributed by atoms with E-state index in [1.807, 2.05) is 10.7 Å². The Kier molecular flexibility index (Phi) is 2.36. The lowest BCUT2D eigenvalue weighted by atomic mass is 10.2. The van der Waals surface area contributed by atoms with Crippen LogP contribution in [0, 0.1) is 13.8 Å². The first-order chi connectivity index (χ1) is 8.22. The summed E-state index contributed by atoms with van der Waals surface area (Å²) >= 11 is 1.72. The molecule has 0 aliphatic rings. The van der Waals surface area contributed by atoms with Crippen molar-refractivity contribution in [1.29, 1.82) is 0 Å². The molecule has 0 radical (unpaired) electrons. The zero-order valence-electron chi connectivity index (χ0n) is 10.2. The van der Waals surface area contributed by atoms with Crippen molar-refractivity contribution in [3.8, 4) is 0 Å². The molecule has 0 fully saturated rings. The van der Waals surface area contributed by atoms with Crippen LogP contribution in [0.25, 0.3) is 15.9 Å². The number of hydrogen-bond acceptors (Lipinski definition) is 4. The van der Waals surface area contributed by atoms with Crippen molar-refractivity contribution in [2.45, 2.75) is 33.6 Å². The van der Waals surface area contributed by atoms with Crippen LogP contribution in [-0.4, -0.2) is 19.6 Å². The quantitative estimate of drug-likeness (QED) is 0.698. The lowest BCUT2D eigenvalue weighted by Gasteiger charge is -1.98. The zero-order valence-corrected chi connectivity index (χ0v) is 11.0. The molecule has 0 spiro atoms. The Hall–Kier alpha value is -1.49. The number of aryl methyl sites for hydroxylation is 3. The molecule has 0 saturated carbocycles. The van der Waals surface area contributed by atoms with Gasteiger partial charge in [-0.05, 0) is 25.8 Å². The summed E-state index contributed by atoms with van der Waals surface area (Å²) in [7, 11) is 0. The van der Waals surface area contributed by atoms with Gasteiger partial charge in [0.1, 0.15) is 17.0 Å². The van der Waals surface area contributed by atoms with Gasteiger partial charge in [-0.15, -0.1) is 21.5 Å². The minimum Gasteiger partial charge on any atom is -0.269 e. The van der Waals surface area contributed by atoms with Crippen LogP contribution >= 0.6 is 11.3 Å². The van der Waals surface area contributed by atoms with Crippen molar-refractivity contribution in [1.82, 2.24) is 19.6 Å². The van der Waals surface area contributed by atoms with Crippen LogP contribution in [0.5, 0.6) is 0 Å². The van der Waals surface area contributed by atoms with Gasteiger partial charge in [-0.3, -0.25) is 4.40 Å². The average Bonchev–Trinajstić information content (AvgIpc) is 2.83. The first-order valence-corrected chi connectivity index (χ1v) is 6.62. The van der Waals surface area contributed by atoms with Gasteiger partial charge >= 0.3 is 0 Å². The van der Waals surface area contributed by atoms with Crippen molar-refractivity contribution < 1.29 is 0 Å². The fourth-order valence-corrected chi connectivity index (χ4v) is 3.07. The highest BCUT2D eigenvalue weighted by molar-refractivity contribution is 7.18. The highest BCUT2D eigenvalue weighted by Crippen LogP contribution is 2.30. The SMILES string of the molecule is CCCc1nnc2c3c(C)c(C)sc3ncn12. The van der Waals surface area contributed by atoms with Gasteiger partial charge in [0.15, 0.2) is 5.65 Å². The molecule has 3 heterocycles. The molecule has 0 bridgehead atoms. The third kappa shape index (κ3) is 1.45. The molecule has 0 amide bonds.